The van der Waals surface area contributed by atoms with Crippen LogP contribution in [0.1, 0.15) is 0 Å². The molecule has 0 saturated carbocycles. The van der Waals surface area contributed by atoms with Gasteiger partial charge in [0.25, 0.3) is 0 Å². The fourth-order valence-corrected chi connectivity index (χ4v) is 0.267. The quantitative estimate of drug-likeness (QED) is 0.388. The van der Waals surface area contributed by atoms with Crippen LogP contribution in [-0.4, -0.2) is 30.5 Å². The van der Waals surface area contributed by atoms with Crippen LogP contribution in [0.25, 0.3) is 0 Å². The van der Waals surface area contributed by atoms with Gasteiger partial charge in [-0.1, -0.05) is 0 Å². The first kappa shape index (κ1) is 7.36. The molecule has 0 saturated heterocycles. The van der Waals surface area contributed by atoms with Crippen LogP contribution < -0.4 is 5.32 Å². The van der Waals surface area contributed by atoms with Gasteiger partial charge in [0.15, 0.2) is 5.11 Å². The van der Waals surface area contributed by atoms with Gasteiger partial charge < -0.3 is 5.32 Å². The highest BCUT2D eigenvalue weighted by Gasteiger charge is 1.94. The van der Waals surface area contributed by atoms with Gasteiger partial charge in [-0.15, -0.1) is 0 Å². The third kappa shape index (κ3) is 1.88. The van der Waals surface area contributed by atoms with Crippen molar-refractivity contribution in [1.82, 2.24) is 10.2 Å². The maximum atomic E-state index is 9.90. The molecule has 0 aromatic carbocycles. The molecule has 1 amide bonds. The molecule has 1 N–H and O–H groups in total. The predicted octanol–water partition coefficient (Wildman–Crippen LogP) is -0.421. The molecule has 0 heterocycles. The minimum atomic E-state index is 0.431. The Labute approximate surface area is 53.7 Å². The molecule has 4 heteroatoms. The summed E-state index contributed by atoms with van der Waals surface area (Å²) in [5.41, 5.74) is 0. The second kappa shape index (κ2) is 3.37. The molecule has 0 spiro atoms. The summed E-state index contributed by atoms with van der Waals surface area (Å²) in [6.07, 6.45) is 0.652. The number of amides is 1. The number of nitrogens with one attached hydrogen (secondary N) is 1. The van der Waals surface area contributed by atoms with Crippen LogP contribution in [0.2, 0.25) is 0 Å². The minimum Gasteiger partial charge on any atom is -0.365 e. The highest BCUT2D eigenvalue weighted by molar-refractivity contribution is 7.80. The Morgan fingerprint density at radius 3 is 2.50 bits per heavy atom. The van der Waals surface area contributed by atoms with Crippen molar-refractivity contribution in [2.24, 2.45) is 0 Å². The van der Waals surface area contributed by atoms with Crippen LogP contribution in [0, 0.1) is 0 Å². The number of carbonyl (C=O) groups excluding carboxylic acids is 1. The van der Waals surface area contributed by atoms with Gasteiger partial charge in [-0.25, -0.2) is 0 Å². The van der Waals surface area contributed by atoms with E-state index in [1.165, 1.54) is 4.90 Å². The molecule has 0 aliphatic carbocycles. The topological polar surface area (TPSA) is 32.3 Å². The molecular formula is C4H8N2OS. The van der Waals surface area contributed by atoms with Crippen molar-refractivity contribution in [3.8, 4) is 0 Å². The molecule has 0 rings (SSSR count). The number of hydrogen-bond acceptors (Lipinski definition) is 2. The van der Waals surface area contributed by atoms with Crippen LogP contribution in [0.15, 0.2) is 0 Å². The molecular weight excluding hydrogens is 124 g/mol. The van der Waals surface area contributed by atoms with Gasteiger partial charge >= 0.3 is 0 Å². The van der Waals surface area contributed by atoms with Gasteiger partial charge in [-0.2, -0.15) is 0 Å². The van der Waals surface area contributed by atoms with Crippen molar-refractivity contribution in [1.29, 1.82) is 0 Å². The molecule has 3 nitrogen and oxygen atoms in total. The number of rotatable bonds is 1. The molecule has 8 heavy (non-hydrogen) atoms. The van der Waals surface area contributed by atoms with Gasteiger partial charge in [-0.05, 0) is 12.2 Å². The van der Waals surface area contributed by atoms with E-state index in [0.29, 0.717) is 11.5 Å². The van der Waals surface area contributed by atoms with Gasteiger partial charge in [0.05, 0.1) is 0 Å². The monoisotopic (exact) mass is 132 g/mol. The largest absolute Gasteiger partial charge is 0.365 e. The first-order valence-electron chi connectivity index (χ1n) is 2.12. The normalized spacial score (nSPS) is 7.75. The van der Waals surface area contributed by atoms with Crippen molar-refractivity contribution in [3.63, 3.8) is 0 Å². The number of thiocarbonyl (C=S) groups is 1. The lowest BCUT2D eigenvalue weighted by Gasteiger charge is -2.09. The molecule has 0 atom stereocenters. The minimum absolute atomic E-state index is 0.431. The summed E-state index contributed by atoms with van der Waals surface area (Å²) in [6, 6.07) is 0. The first-order valence-corrected chi connectivity index (χ1v) is 2.53. The maximum absolute atomic E-state index is 9.90. The zero-order valence-corrected chi connectivity index (χ0v) is 5.66. The predicted molar refractivity (Wildman–Crippen MR) is 35.5 cm³/mol. The average molecular weight is 132 g/mol. The Morgan fingerprint density at radius 1 is 1.88 bits per heavy atom. The molecule has 0 bridgehead atoms. The average Bonchev–Trinajstić information content (AvgIpc) is 1.84. The van der Waals surface area contributed by atoms with Gasteiger partial charge in [0, 0.05) is 14.1 Å². The van der Waals surface area contributed by atoms with Crippen LogP contribution in [0.4, 0.5) is 0 Å². The van der Waals surface area contributed by atoms with E-state index in [0.717, 1.165) is 0 Å². The summed E-state index contributed by atoms with van der Waals surface area (Å²) < 4.78 is 0. The van der Waals surface area contributed by atoms with Crippen molar-refractivity contribution in [3.05, 3.63) is 0 Å². The Bertz CT molecular complexity index is 104. The van der Waals surface area contributed by atoms with Crippen LogP contribution in [-0.2, 0) is 4.79 Å². The summed E-state index contributed by atoms with van der Waals surface area (Å²) in [6.45, 7) is 0. The first-order chi connectivity index (χ1) is 3.72. The van der Waals surface area contributed by atoms with Gasteiger partial charge in [0.2, 0.25) is 6.41 Å². The third-order valence-corrected chi connectivity index (χ3v) is 1.18. The molecule has 0 radical (unpaired) electrons. The van der Waals surface area contributed by atoms with Crippen LogP contribution in [0.3, 0.4) is 0 Å². The van der Waals surface area contributed by atoms with Crippen LogP contribution >= 0.6 is 12.2 Å². The number of nitrogens with zero attached hydrogens (tertiary/aromatic N) is 1. The van der Waals surface area contributed by atoms with Crippen molar-refractivity contribution >= 4 is 23.7 Å². The fourth-order valence-electron chi connectivity index (χ4n) is 0.224. The van der Waals surface area contributed by atoms with Crippen molar-refractivity contribution in [2.45, 2.75) is 0 Å². The lowest BCUT2D eigenvalue weighted by atomic mass is 10.8. The molecule has 0 aliphatic heterocycles. The highest BCUT2D eigenvalue weighted by Crippen LogP contribution is 1.74. The smallest absolute Gasteiger partial charge is 0.215 e. The summed E-state index contributed by atoms with van der Waals surface area (Å²) >= 11 is 4.66. The lowest BCUT2D eigenvalue weighted by molar-refractivity contribution is -0.114. The SMILES string of the molecule is CNC(=S)N(C)C=O. The van der Waals surface area contributed by atoms with E-state index < -0.39 is 0 Å². The zero-order valence-electron chi connectivity index (χ0n) is 4.84. The molecule has 0 aliphatic rings. The zero-order chi connectivity index (χ0) is 6.57. The van der Waals surface area contributed by atoms with Crippen molar-refractivity contribution < 1.29 is 4.79 Å². The molecule has 46 valence electrons. The standard InChI is InChI=1S/C4H8N2OS/c1-5-4(8)6(2)3-7/h3H,1-2H3,(H,5,8). The fraction of sp³-hybridized carbons (Fsp3) is 0.500. The van der Waals surface area contributed by atoms with E-state index in [1.807, 2.05) is 0 Å². The number of hydrogen-bond donors (Lipinski definition) is 1. The lowest BCUT2D eigenvalue weighted by Crippen LogP contribution is -2.33. The number of carbonyl (C=O) groups is 1. The Balaban J connectivity index is 3.62. The summed E-state index contributed by atoms with van der Waals surface area (Å²) in [5.74, 6) is 0. The highest BCUT2D eigenvalue weighted by atomic mass is 32.1. The molecule has 0 aromatic heterocycles. The second-order valence-electron chi connectivity index (χ2n) is 1.27. The summed E-state index contributed by atoms with van der Waals surface area (Å²) in [7, 11) is 3.26. The maximum Gasteiger partial charge on any atom is 0.215 e. The van der Waals surface area contributed by atoms with E-state index in [-0.39, 0.29) is 0 Å². The summed E-state index contributed by atoms with van der Waals surface area (Å²) in [5, 5.41) is 3.07. The second-order valence-corrected chi connectivity index (χ2v) is 1.66. The van der Waals surface area contributed by atoms with Crippen molar-refractivity contribution in [2.75, 3.05) is 14.1 Å². The van der Waals surface area contributed by atoms with Crippen LogP contribution in [0.5, 0.6) is 0 Å². The summed E-state index contributed by atoms with van der Waals surface area (Å²) in [4.78, 5) is 11.2. The Hall–Kier alpha value is -0.640. The van der Waals surface area contributed by atoms with E-state index >= 15 is 0 Å². The third-order valence-electron chi connectivity index (χ3n) is 0.692. The Morgan fingerprint density at radius 2 is 2.38 bits per heavy atom. The van der Waals surface area contributed by atoms with E-state index in [4.69, 9.17) is 0 Å². The molecule has 0 unspecified atom stereocenters. The van der Waals surface area contributed by atoms with E-state index in [1.54, 1.807) is 14.1 Å². The van der Waals surface area contributed by atoms with E-state index in [2.05, 4.69) is 17.5 Å². The van der Waals surface area contributed by atoms with Gasteiger partial charge in [-0.3, -0.25) is 9.69 Å². The molecule has 0 fully saturated rings. The van der Waals surface area contributed by atoms with Gasteiger partial charge in [0.1, 0.15) is 0 Å². The van der Waals surface area contributed by atoms with E-state index in [9.17, 15) is 4.79 Å². The Kier molecular flexibility index (Phi) is 3.10. The molecule has 0 aromatic rings.